The van der Waals surface area contributed by atoms with Crippen LogP contribution in [0.1, 0.15) is 22.7 Å². The molecule has 1 amide bonds. The first kappa shape index (κ1) is 16.5. The van der Waals surface area contributed by atoms with Crippen LogP contribution in [0.5, 0.6) is 5.75 Å². The number of hydrogen-bond donors (Lipinski definition) is 1. The number of aryl methyl sites for hydroxylation is 2. The summed E-state index contributed by atoms with van der Waals surface area (Å²) < 4.78 is 5.76. The summed E-state index contributed by atoms with van der Waals surface area (Å²) in [4.78, 5) is 18.7. The van der Waals surface area contributed by atoms with E-state index in [2.05, 4.69) is 16.4 Å². The number of carbonyl (C=O) groups is 1. The number of benzene rings is 1. The number of amides is 1. The van der Waals surface area contributed by atoms with Crippen LogP contribution in [-0.2, 0) is 4.79 Å². The van der Waals surface area contributed by atoms with Gasteiger partial charge < -0.3 is 15.0 Å². The molecule has 1 unspecified atom stereocenters. The van der Waals surface area contributed by atoms with Crippen LogP contribution in [0.3, 0.4) is 0 Å². The fraction of sp³-hybridized carbons (Fsp3) is 0.368. The standard InChI is InChI=1S/C19H23N3O2/c1-14-5-6-18(15(2)10-14)24-13-19(23)22-9-8-21-12-17(22)16-4-3-7-20-11-16/h3-7,10-11,17,21H,8-9,12-13H2,1-2H3. The van der Waals surface area contributed by atoms with Gasteiger partial charge in [0, 0.05) is 32.0 Å². The molecule has 0 saturated carbocycles. The van der Waals surface area contributed by atoms with Gasteiger partial charge in [0.25, 0.3) is 5.91 Å². The number of rotatable bonds is 4. The van der Waals surface area contributed by atoms with Gasteiger partial charge in [0.2, 0.25) is 0 Å². The SMILES string of the molecule is Cc1ccc(OCC(=O)N2CCNCC2c2cccnc2)c(C)c1. The molecule has 24 heavy (non-hydrogen) atoms. The molecule has 2 heterocycles. The van der Waals surface area contributed by atoms with Gasteiger partial charge in [-0.1, -0.05) is 23.8 Å². The Hall–Kier alpha value is -2.40. The molecule has 3 rings (SSSR count). The van der Waals surface area contributed by atoms with E-state index < -0.39 is 0 Å². The summed E-state index contributed by atoms with van der Waals surface area (Å²) in [5.74, 6) is 0.771. The minimum Gasteiger partial charge on any atom is -0.483 e. The van der Waals surface area contributed by atoms with Crippen molar-refractivity contribution in [2.24, 2.45) is 0 Å². The Bertz CT molecular complexity index is 703. The third-order valence-electron chi connectivity index (χ3n) is 4.31. The molecule has 1 aliphatic rings. The fourth-order valence-corrected chi connectivity index (χ4v) is 3.06. The van der Waals surface area contributed by atoms with Gasteiger partial charge in [-0.25, -0.2) is 0 Å². The average molecular weight is 325 g/mol. The lowest BCUT2D eigenvalue weighted by Gasteiger charge is -2.36. The van der Waals surface area contributed by atoms with Gasteiger partial charge in [-0.3, -0.25) is 9.78 Å². The summed E-state index contributed by atoms with van der Waals surface area (Å²) in [6, 6.07) is 9.89. The van der Waals surface area contributed by atoms with E-state index in [0.717, 1.165) is 30.0 Å². The molecule has 1 N–H and O–H groups in total. The Morgan fingerprint density at radius 1 is 1.38 bits per heavy atom. The van der Waals surface area contributed by atoms with Crippen molar-refractivity contribution in [2.75, 3.05) is 26.2 Å². The van der Waals surface area contributed by atoms with Crippen LogP contribution in [0.25, 0.3) is 0 Å². The lowest BCUT2D eigenvalue weighted by molar-refractivity contribution is -0.136. The molecule has 2 aromatic rings. The topological polar surface area (TPSA) is 54.5 Å². The van der Waals surface area contributed by atoms with Gasteiger partial charge in [-0.05, 0) is 37.1 Å². The highest BCUT2D eigenvalue weighted by Gasteiger charge is 2.28. The van der Waals surface area contributed by atoms with E-state index in [0.29, 0.717) is 6.54 Å². The van der Waals surface area contributed by atoms with Gasteiger partial charge in [0.1, 0.15) is 5.75 Å². The Morgan fingerprint density at radius 3 is 3.00 bits per heavy atom. The van der Waals surface area contributed by atoms with Crippen LogP contribution in [0.2, 0.25) is 0 Å². The Kier molecular flexibility index (Phi) is 5.11. The second-order valence-electron chi connectivity index (χ2n) is 6.15. The van der Waals surface area contributed by atoms with Crippen molar-refractivity contribution in [1.29, 1.82) is 0 Å². The molecule has 1 atom stereocenters. The van der Waals surface area contributed by atoms with E-state index in [1.165, 1.54) is 5.56 Å². The summed E-state index contributed by atoms with van der Waals surface area (Å²) >= 11 is 0. The zero-order valence-electron chi connectivity index (χ0n) is 14.2. The van der Waals surface area contributed by atoms with Gasteiger partial charge in [0.15, 0.2) is 6.61 Å². The van der Waals surface area contributed by atoms with Gasteiger partial charge in [-0.2, -0.15) is 0 Å². The van der Waals surface area contributed by atoms with E-state index >= 15 is 0 Å². The molecule has 1 aromatic carbocycles. The summed E-state index contributed by atoms with van der Waals surface area (Å²) in [5.41, 5.74) is 3.28. The monoisotopic (exact) mass is 325 g/mol. The van der Waals surface area contributed by atoms with Crippen molar-refractivity contribution >= 4 is 5.91 Å². The van der Waals surface area contributed by atoms with Crippen molar-refractivity contribution < 1.29 is 9.53 Å². The van der Waals surface area contributed by atoms with Crippen LogP contribution in [0, 0.1) is 13.8 Å². The van der Waals surface area contributed by atoms with Crippen LogP contribution in [0.15, 0.2) is 42.7 Å². The van der Waals surface area contributed by atoms with E-state index in [1.807, 2.05) is 49.2 Å². The molecule has 126 valence electrons. The molecule has 1 aliphatic heterocycles. The van der Waals surface area contributed by atoms with Crippen molar-refractivity contribution in [3.05, 3.63) is 59.4 Å². The minimum absolute atomic E-state index is 0.00247. The molecular formula is C19H23N3O2. The quantitative estimate of drug-likeness (QED) is 0.937. The average Bonchev–Trinajstić information content (AvgIpc) is 2.61. The molecule has 5 nitrogen and oxygen atoms in total. The number of pyridine rings is 1. The Labute approximate surface area is 142 Å². The predicted octanol–water partition coefficient (Wildman–Crippen LogP) is 2.25. The van der Waals surface area contributed by atoms with Crippen molar-refractivity contribution in [1.82, 2.24) is 15.2 Å². The zero-order chi connectivity index (χ0) is 16.9. The van der Waals surface area contributed by atoms with E-state index in [-0.39, 0.29) is 18.6 Å². The molecule has 5 heteroatoms. The maximum Gasteiger partial charge on any atom is 0.261 e. The molecule has 0 radical (unpaired) electrons. The maximum atomic E-state index is 12.7. The summed E-state index contributed by atoms with van der Waals surface area (Å²) in [5, 5.41) is 3.34. The third-order valence-corrected chi connectivity index (χ3v) is 4.31. The van der Waals surface area contributed by atoms with Crippen molar-refractivity contribution in [3.8, 4) is 5.75 Å². The molecular weight excluding hydrogens is 302 g/mol. The lowest BCUT2D eigenvalue weighted by atomic mass is 10.1. The van der Waals surface area contributed by atoms with Crippen molar-refractivity contribution in [3.63, 3.8) is 0 Å². The number of nitrogens with zero attached hydrogens (tertiary/aromatic N) is 2. The van der Waals surface area contributed by atoms with Gasteiger partial charge in [-0.15, -0.1) is 0 Å². The summed E-state index contributed by atoms with van der Waals surface area (Å²) in [7, 11) is 0. The van der Waals surface area contributed by atoms with E-state index in [4.69, 9.17) is 4.74 Å². The number of ether oxygens (including phenoxy) is 1. The highest BCUT2D eigenvalue weighted by Crippen LogP contribution is 2.23. The van der Waals surface area contributed by atoms with Crippen LogP contribution >= 0.6 is 0 Å². The first-order valence-electron chi connectivity index (χ1n) is 8.25. The highest BCUT2D eigenvalue weighted by atomic mass is 16.5. The lowest BCUT2D eigenvalue weighted by Crippen LogP contribution is -2.50. The third kappa shape index (κ3) is 3.74. The number of nitrogens with one attached hydrogen (secondary N) is 1. The van der Waals surface area contributed by atoms with E-state index in [9.17, 15) is 4.79 Å². The molecule has 0 bridgehead atoms. The number of hydrogen-bond acceptors (Lipinski definition) is 4. The van der Waals surface area contributed by atoms with E-state index in [1.54, 1.807) is 6.20 Å². The largest absolute Gasteiger partial charge is 0.483 e. The summed E-state index contributed by atoms with van der Waals surface area (Å²) in [6.07, 6.45) is 3.57. The normalized spacial score (nSPS) is 17.6. The molecule has 0 aliphatic carbocycles. The Balaban J connectivity index is 1.68. The first-order valence-corrected chi connectivity index (χ1v) is 8.25. The van der Waals surface area contributed by atoms with Crippen LogP contribution in [0.4, 0.5) is 0 Å². The molecule has 1 fully saturated rings. The fourth-order valence-electron chi connectivity index (χ4n) is 3.06. The van der Waals surface area contributed by atoms with Crippen LogP contribution in [-0.4, -0.2) is 42.0 Å². The second kappa shape index (κ2) is 7.45. The second-order valence-corrected chi connectivity index (χ2v) is 6.15. The number of carbonyl (C=O) groups excluding carboxylic acids is 1. The van der Waals surface area contributed by atoms with Gasteiger partial charge in [0.05, 0.1) is 6.04 Å². The number of aromatic nitrogens is 1. The van der Waals surface area contributed by atoms with Crippen LogP contribution < -0.4 is 10.1 Å². The molecule has 0 spiro atoms. The molecule has 1 aromatic heterocycles. The number of piperazine rings is 1. The maximum absolute atomic E-state index is 12.7. The first-order chi connectivity index (χ1) is 11.6. The zero-order valence-corrected chi connectivity index (χ0v) is 14.2. The van der Waals surface area contributed by atoms with Crippen molar-refractivity contribution in [2.45, 2.75) is 19.9 Å². The summed E-state index contributed by atoms with van der Waals surface area (Å²) in [6.45, 7) is 6.31. The Morgan fingerprint density at radius 2 is 2.25 bits per heavy atom. The van der Waals surface area contributed by atoms with Gasteiger partial charge >= 0.3 is 0 Å². The highest BCUT2D eigenvalue weighted by molar-refractivity contribution is 5.78. The molecule has 1 saturated heterocycles. The predicted molar refractivity (Wildman–Crippen MR) is 93.0 cm³/mol. The smallest absolute Gasteiger partial charge is 0.261 e. The minimum atomic E-state index is 0.00247.